The molecule has 2 aromatic carbocycles. The monoisotopic (exact) mass is 558 g/mol. The number of ether oxygens (including phenoxy) is 2. The van der Waals surface area contributed by atoms with Crippen molar-refractivity contribution < 1.29 is 29.0 Å². The summed E-state index contributed by atoms with van der Waals surface area (Å²) in [6, 6.07) is 12.1. The lowest BCUT2D eigenvalue weighted by Gasteiger charge is -2.59. The summed E-state index contributed by atoms with van der Waals surface area (Å²) in [5.74, 6) is -0.429. The highest BCUT2D eigenvalue weighted by molar-refractivity contribution is 5.96. The van der Waals surface area contributed by atoms with Gasteiger partial charge in [0.1, 0.15) is 11.5 Å². The maximum Gasteiger partial charge on any atom is 0.309 e. The molecule has 7 rings (SSSR count). The summed E-state index contributed by atoms with van der Waals surface area (Å²) >= 11 is 0. The van der Waals surface area contributed by atoms with Crippen LogP contribution in [0.2, 0.25) is 0 Å². The number of aliphatic carboxylic acids is 1. The molecule has 41 heavy (non-hydrogen) atoms. The fourth-order valence-corrected chi connectivity index (χ4v) is 7.95. The Hall–Kier alpha value is -4.34. The highest BCUT2D eigenvalue weighted by atomic mass is 16.5. The number of nitrogens with two attached hydrogens (primary N) is 1. The van der Waals surface area contributed by atoms with Gasteiger partial charge in [-0.3, -0.25) is 14.4 Å². The predicted molar refractivity (Wildman–Crippen MR) is 150 cm³/mol. The van der Waals surface area contributed by atoms with Crippen LogP contribution in [0.3, 0.4) is 0 Å². The third-order valence-corrected chi connectivity index (χ3v) is 9.28. The van der Waals surface area contributed by atoms with Crippen LogP contribution in [-0.4, -0.2) is 52.4 Å². The summed E-state index contributed by atoms with van der Waals surface area (Å²) in [4.78, 5) is 38.2. The number of hydrogen-bond acceptors (Lipinski definition) is 6. The van der Waals surface area contributed by atoms with E-state index in [0.29, 0.717) is 58.7 Å². The number of carbonyl (C=O) groups is 3. The van der Waals surface area contributed by atoms with Crippen molar-refractivity contribution in [3.05, 3.63) is 59.3 Å². The quantitative estimate of drug-likeness (QED) is 0.379. The number of methoxy groups -OCH3 is 2. The van der Waals surface area contributed by atoms with Crippen molar-refractivity contribution in [3.8, 4) is 28.4 Å². The SMILES string of the molecule is COc1cccc(OC)c1-c1cc(C(=O)NC23CC4CC(CC(C4)C2C(=O)O)C3)nn1-c1ccc(C(N)=O)cc1C. The summed E-state index contributed by atoms with van der Waals surface area (Å²) in [6.07, 6.45) is 4.28. The molecule has 2 amide bonds. The molecular formula is C31H34N4O6. The Labute approximate surface area is 237 Å². The first kappa shape index (κ1) is 26.9. The summed E-state index contributed by atoms with van der Waals surface area (Å²) in [5, 5.41) is 18.1. The Balaban J connectivity index is 1.46. The maximum atomic E-state index is 14.0. The molecule has 0 radical (unpaired) electrons. The van der Waals surface area contributed by atoms with E-state index >= 15 is 0 Å². The van der Waals surface area contributed by atoms with Crippen LogP contribution < -0.4 is 20.5 Å². The van der Waals surface area contributed by atoms with Crippen molar-refractivity contribution >= 4 is 17.8 Å². The van der Waals surface area contributed by atoms with Crippen LogP contribution in [0.25, 0.3) is 16.9 Å². The van der Waals surface area contributed by atoms with Crippen LogP contribution in [-0.2, 0) is 4.79 Å². The van der Waals surface area contributed by atoms with Gasteiger partial charge in [0.25, 0.3) is 5.91 Å². The average Bonchev–Trinajstić information content (AvgIpc) is 3.36. The van der Waals surface area contributed by atoms with Gasteiger partial charge < -0.3 is 25.6 Å². The van der Waals surface area contributed by atoms with Crippen LogP contribution in [0.4, 0.5) is 0 Å². The summed E-state index contributed by atoms with van der Waals surface area (Å²) in [6.45, 7) is 1.83. The summed E-state index contributed by atoms with van der Waals surface area (Å²) in [5.41, 5.74) is 7.70. The molecule has 10 heteroatoms. The van der Waals surface area contributed by atoms with Crippen LogP contribution in [0, 0.1) is 30.6 Å². The molecule has 4 aliphatic carbocycles. The average molecular weight is 559 g/mol. The number of hydrogen-bond donors (Lipinski definition) is 3. The Morgan fingerprint density at radius 1 is 1.02 bits per heavy atom. The van der Waals surface area contributed by atoms with Gasteiger partial charge in [-0.05, 0) is 98.7 Å². The van der Waals surface area contributed by atoms with Crippen molar-refractivity contribution in [3.63, 3.8) is 0 Å². The molecule has 1 heterocycles. The van der Waals surface area contributed by atoms with Crippen molar-refractivity contribution in [2.24, 2.45) is 29.4 Å². The van der Waals surface area contributed by atoms with Crippen molar-refractivity contribution in [1.29, 1.82) is 0 Å². The summed E-state index contributed by atoms with van der Waals surface area (Å²) < 4.78 is 13.0. The van der Waals surface area contributed by atoms with Gasteiger partial charge >= 0.3 is 5.97 Å². The third kappa shape index (κ3) is 4.42. The van der Waals surface area contributed by atoms with Crippen LogP contribution >= 0.6 is 0 Å². The second kappa shape index (κ2) is 9.94. The van der Waals surface area contributed by atoms with E-state index in [-0.39, 0.29) is 11.6 Å². The number of benzene rings is 2. The molecule has 1 aromatic heterocycles. The Morgan fingerprint density at radius 3 is 2.24 bits per heavy atom. The van der Waals surface area contributed by atoms with E-state index in [1.807, 2.05) is 13.0 Å². The molecule has 0 spiro atoms. The molecule has 10 nitrogen and oxygen atoms in total. The molecule has 4 fully saturated rings. The van der Waals surface area contributed by atoms with Gasteiger partial charge in [0.2, 0.25) is 5.91 Å². The van der Waals surface area contributed by atoms with Crippen LogP contribution in [0.5, 0.6) is 11.5 Å². The van der Waals surface area contributed by atoms with Gasteiger partial charge in [-0.25, -0.2) is 4.68 Å². The largest absolute Gasteiger partial charge is 0.496 e. The standard InChI is InChI=1S/C31H34N4O6/c1-16-9-19(28(32)36)7-8-22(16)35-23(26-24(40-2)5-4-6-25(26)41-3)13-21(34-35)29(37)33-31-14-17-10-18(15-31)12-20(11-17)27(31)30(38)39/h4-9,13,17-18,20,27H,10-12,14-15H2,1-3H3,(H2,32,36)(H,33,37)(H,38,39). The Morgan fingerprint density at radius 2 is 1.68 bits per heavy atom. The maximum absolute atomic E-state index is 14.0. The number of aromatic nitrogens is 2. The van der Waals surface area contributed by atoms with E-state index in [1.54, 1.807) is 55.3 Å². The number of primary amides is 1. The van der Waals surface area contributed by atoms with E-state index < -0.39 is 29.2 Å². The number of nitrogens with one attached hydrogen (secondary N) is 1. The van der Waals surface area contributed by atoms with Crippen molar-refractivity contribution in [2.45, 2.75) is 44.6 Å². The van der Waals surface area contributed by atoms with Gasteiger partial charge in [-0.2, -0.15) is 5.10 Å². The van der Waals surface area contributed by atoms with Crippen LogP contribution in [0.1, 0.15) is 58.5 Å². The third-order valence-electron chi connectivity index (χ3n) is 9.28. The number of carboxylic acids is 1. The molecule has 3 atom stereocenters. The summed E-state index contributed by atoms with van der Waals surface area (Å²) in [7, 11) is 3.11. The highest BCUT2D eigenvalue weighted by Gasteiger charge is 2.60. The number of aryl methyl sites for hydroxylation is 1. The molecule has 0 saturated heterocycles. The first-order valence-electron chi connectivity index (χ1n) is 13.9. The minimum atomic E-state index is -0.843. The molecule has 4 bridgehead atoms. The number of nitrogens with zero attached hydrogens (tertiary/aromatic N) is 2. The normalized spacial score (nSPS) is 26.0. The fraction of sp³-hybridized carbons (Fsp3) is 0.419. The van der Waals surface area contributed by atoms with Gasteiger partial charge in [0.05, 0.1) is 42.6 Å². The number of rotatable bonds is 8. The zero-order chi connectivity index (χ0) is 29.1. The lowest BCUT2D eigenvalue weighted by Crippen LogP contribution is -2.67. The second-order valence-corrected chi connectivity index (χ2v) is 11.8. The molecule has 4 aliphatic rings. The Bertz CT molecular complexity index is 1530. The van der Waals surface area contributed by atoms with Crippen LogP contribution in [0.15, 0.2) is 42.5 Å². The van der Waals surface area contributed by atoms with E-state index in [1.165, 1.54) is 0 Å². The lowest BCUT2D eigenvalue weighted by atomic mass is 9.48. The molecule has 3 unspecified atom stereocenters. The zero-order valence-electron chi connectivity index (χ0n) is 23.3. The smallest absolute Gasteiger partial charge is 0.309 e. The first-order chi connectivity index (χ1) is 19.6. The van der Waals surface area contributed by atoms with Gasteiger partial charge in [-0.15, -0.1) is 0 Å². The van der Waals surface area contributed by atoms with Gasteiger partial charge in [0.15, 0.2) is 5.69 Å². The number of carboxylic acid groups (broad SMARTS) is 1. The van der Waals surface area contributed by atoms with Crippen molar-refractivity contribution in [1.82, 2.24) is 15.1 Å². The molecule has 0 aliphatic heterocycles. The van der Waals surface area contributed by atoms with E-state index in [9.17, 15) is 19.5 Å². The number of carbonyl (C=O) groups excluding carboxylic acids is 2. The van der Waals surface area contributed by atoms with E-state index in [4.69, 9.17) is 20.3 Å². The lowest BCUT2D eigenvalue weighted by molar-refractivity contribution is -0.159. The molecule has 4 saturated carbocycles. The molecule has 214 valence electrons. The topological polar surface area (TPSA) is 146 Å². The van der Waals surface area contributed by atoms with Gasteiger partial charge in [-0.1, -0.05) is 6.07 Å². The van der Waals surface area contributed by atoms with Crippen molar-refractivity contribution in [2.75, 3.05) is 14.2 Å². The fourth-order valence-electron chi connectivity index (χ4n) is 7.95. The van der Waals surface area contributed by atoms with E-state index in [0.717, 1.165) is 24.8 Å². The van der Waals surface area contributed by atoms with E-state index in [2.05, 4.69) is 5.32 Å². The Kier molecular flexibility index (Phi) is 6.51. The van der Waals surface area contributed by atoms with Gasteiger partial charge in [0, 0.05) is 5.56 Å². The molecule has 3 aromatic rings. The molecular weight excluding hydrogens is 524 g/mol. The zero-order valence-corrected chi connectivity index (χ0v) is 23.3. The number of amides is 2. The highest BCUT2D eigenvalue weighted by Crippen LogP contribution is 2.58. The minimum absolute atomic E-state index is 0.0800. The minimum Gasteiger partial charge on any atom is -0.496 e. The molecule has 4 N–H and O–H groups in total. The second-order valence-electron chi connectivity index (χ2n) is 11.8. The first-order valence-corrected chi connectivity index (χ1v) is 13.9. The predicted octanol–water partition coefficient (Wildman–Crippen LogP) is 3.97.